The number of nitrogens with zero attached hydrogens (tertiary/aromatic N) is 2. The van der Waals surface area contributed by atoms with Crippen molar-refractivity contribution in [3.05, 3.63) is 64.4 Å². The largest absolute Gasteiger partial charge is 0.487 e. The van der Waals surface area contributed by atoms with Gasteiger partial charge in [-0.15, -0.1) is 0 Å². The van der Waals surface area contributed by atoms with Crippen LogP contribution in [0.25, 0.3) is 11.0 Å². The summed E-state index contributed by atoms with van der Waals surface area (Å²) >= 11 is 3.40. The highest BCUT2D eigenvalue weighted by molar-refractivity contribution is 9.10. The van der Waals surface area contributed by atoms with Gasteiger partial charge in [-0.1, -0.05) is 28.1 Å². The van der Waals surface area contributed by atoms with Crippen LogP contribution >= 0.6 is 15.9 Å². The van der Waals surface area contributed by atoms with Gasteiger partial charge in [-0.2, -0.15) is 0 Å². The quantitative estimate of drug-likeness (QED) is 0.719. The van der Waals surface area contributed by atoms with Crippen molar-refractivity contribution < 1.29 is 4.74 Å². The summed E-state index contributed by atoms with van der Waals surface area (Å²) in [6, 6.07) is 15.6. The maximum absolute atomic E-state index is 5.75. The number of rotatable bonds is 3. The number of aromatic nitrogens is 2. The maximum Gasteiger partial charge on any atom is 0.132 e. The molecule has 1 heterocycles. The van der Waals surface area contributed by atoms with E-state index in [1.54, 1.807) is 0 Å². The van der Waals surface area contributed by atoms with Crippen LogP contribution in [0.4, 0.5) is 0 Å². The highest BCUT2D eigenvalue weighted by Crippen LogP contribution is 2.18. The van der Waals surface area contributed by atoms with Crippen LogP contribution in [-0.2, 0) is 6.61 Å². The number of ether oxygens (including phenoxy) is 1. The Hall–Kier alpha value is -1.94. The molecule has 3 aromatic rings. The van der Waals surface area contributed by atoms with Crippen molar-refractivity contribution in [1.29, 1.82) is 0 Å². The Morgan fingerprint density at radius 1 is 0.950 bits per heavy atom. The van der Waals surface area contributed by atoms with Crippen molar-refractivity contribution in [3.63, 3.8) is 0 Å². The van der Waals surface area contributed by atoms with Crippen LogP contribution in [0.15, 0.2) is 53.0 Å². The topological polar surface area (TPSA) is 35.0 Å². The molecular formula is C16H13BrN2O. The summed E-state index contributed by atoms with van der Waals surface area (Å²) in [4.78, 5) is 9.16. The first-order valence-corrected chi connectivity index (χ1v) is 7.12. The number of hydrogen-bond donors (Lipinski definition) is 0. The molecule has 0 saturated carbocycles. The van der Waals surface area contributed by atoms with Crippen molar-refractivity contribution in [1.82, 2.24) is 9.97 Å². The molecule has 0 fully saturated rings. The zero-order valence-electron chi connectivity index (χ0n) is 11.0. The first-order valence-electron chi connectivity index (χ1n) is 6.33. The summed E-state index contributed by atoms with van der Waals surface area (Å²) in [7, 11) is 0. The standard InChI is InChI=1S/C16H13BrN2O/c1-11-16(10-20-13-8-6-12(17)7-9-13)19-15-5-3-2-4-14(15)18-11/h2-9H,10H2,1H3. The van der Waals surface area contributed by atoms with Crippen LogP contribution < -0.4 is 4.74 Å². The lowest BCUT2D eigenvalue weighted by molar-refractivity contribution is 0.300. The predicted molar refractivity (Wildman–Crippen MR) is 82.7 cm³/mol. The molecule has 0 aliphatic heterocycles. The Bertz CT molecular complexity index is 741. The Morgan fingerprint density at radius 2 is 1.60 bits per heavy atom. The maximum atomic E-state index is 5.75. The second kappa shape index (κ2) is 5.59. The molecule has 0 radical (unpaired) electrons. The molecule has 0 atom stereocenters. The average Bonchev–Trinajstić information content (AvgIpc) is 2.47. The van der Waals surface area contributed by atoms with Crippen molar-refractivity contribution in [2.75, 3.05) is 0 Å². The summed E-state index contributed by atoms with van der Waals surface area (Å²) in [5.41, 5.74) is 3.58. The fourth-order valence-electron chi connectivity index (χ4n) is 1.94. The Kier molecular flexibility index (Phi) is 3.65. The monoisotopic (exact) mass is 328 g/mol. The molecule has 0 unspecified atom stereocenters. The Morgan fingerprint density at radius 3 is 2.30 bits per heavy atom. The van der Waals surface area contributed by atoms with Crippen molar-refractivity contribution in [2.45, 2.75) is 13.5 Å². The third-order valence-corrected chi connectivity index (χ3v) is 3.56. The van der Waals surface area contributed by atoms with Crippen LogP contribution in [0.1, 0.15) is 11.4 Å². The molecule has 0 amide bonds. The molecule has 0 saturated heterocycles. The first-order chi connectivity index (χ1) is 9.72. The van der Waals surface area contributed by atoms with Gasteiger partial charge in [0.2, 0.25) is 0 Å². The first kappa shape index (κ1) is 13.1. The van der Waals surface area contributed by atoms with E-state index in [4.69, 9.17) is 4.74 Å². The number of aryl methyl sites for hydroxylation is 1. The minimum atomic E-state index is 0.422. The molecule has 0 aliphatic carbocycles. The van der Waals surface area contributed by atoms with E-state index >= 15 is 0 Å². The molecule has 0 spiro atoms. The number of benzene rings is 2. The second-order valence-corrected chi connectivity index (χ2v) is 5.40. The highest BCUT2D eigenvalue weighted by Gasteiger charge is 2.05. The van der Waals surface area contributed by atoms with Gasteiger partial charge < -0.3 is 4.74 Å². The molecule has 20 heavy (non-hydrogen) atoms. The summed E-state index contributed by atoms with van der Waals surface area (Å²) in [6.45, 7) is 2.38. The van der Waals surface area contributed by atoms with Crippen molar-refractivity contribution in [3.8, 4) is 5.75 Å². The van der Waals surface area contributed by atoms with Gasteiger partial charge in [0.15, 0.2) is 0 Å². The molecule has 1 aromatic heterocycles. The third-order valence-electron chi connectivity index (χ3n) is 3.03. The fraction of sp³-hybridized carbons (Fsp3) is 0.125. The number of hydrogen-bond acceptors (Lipinski definition) is 3. The van der Waals surface area contributed by atoms with Crippen LogP contribution in [0.5, 0.6) is 5.75 Å². The molecule has 2 aromatic carbocycles. The van der Waals surface area contributed by atoms with Crippen LogP contribution in [0.2, 0.25) is 0 Å². The normalized spacial score (nSPS) is 10.7. The molecule has 4 heteroatoms. The van der Waals surface area contributed by atoms with E-state index in [1.165, 1.54) is 0 Å². The van der Waals surface area contributed by atoms with Gasteiger partial charge in [0.05, 0.1) is 22.4 Å². The predicted octanol–water partition coefficient (Wildman–Crippen LogP) is 4.28. The summed E-state index contributed by atoms with van der Waals surface area (Å²) < 4.78 is 6.79. The smallest absolute Gasteiger partial charge is 0.132 e. The SMILES string of the molecule is Cc1nc2ccccc2nc1COc1ccc(Br)cc1. The average molecular weight is 329 g/mol. The lowest BCUT2D eigenvalue weighted by Crippen LogP contribution is -2.03. The number of fused-ring (bicyclic) bond motifs is 1. The van der Waals surface area contributed by atoms with Gasteiger partial charge in [0.25, 0.3) is 0 Å². The van der Waals surface area contributed by atoms with E-state index in [0.717, 1.165) is 32.6 Å². The zero-order chi connectivity index (χ0) is 13.9. The Labute approximate surface area is 125 Å². The van der Waals surface area contributed by atoms with Gasteiger partial charge in [-0.3, -0.25) is 0 Å². The Balaban J connectivity index is 1.83. The van der Waals surface area contributed by atoms with Crippen molar-refractivity contribution >= 4 is 27.0 Å². The molecule has 3 nitrogen and oxygen atoms in total. The van der Waals surface area contributed by atoms with Gasteiger partial charge in [-0.25, -0.2) is 9.97 Å². The minimum absolute atomic E-state index is 0.422. The fourth-order valence-corrected chi connectivity index (χ4v) is 2.21. The molecular weight excluding hydrogens is 316 g/mol. The highest BCUT2D eigenvalue weighted by atomic mass is 79.9. The number of para-hydroxylation sites is 2. The molecule has 0 bridgehead atoms. The van der Waals surface area contributed by atoms with Gasteiger partial charge in [0.1, 0.15) is 12.4 Å². The van der Waals surface area contributed by atoms with E-state index in [1.807, 2.05) is 55.5 Å². The van der Waals surface area contributed by atoms with Gasteiger partial charge in [0, 0.05) is 4.47 Å². The number of halogens is 1. The lowest BCUT2D eigenvalue weighted by Gasteiger charge is -2.09. The van der Waals surface area contributed by atoms with Crippen LogP contribution in [0.3, 0.4) is 0 Å². The molecule has 0 N–H and O–H groups in total. The summed E-state index contributed by atoms with van der Waals surface area (Å²) in [6.07, 6.45) is 0. The van der Waals surface area contributed by atoms with Gasteiger partial charge >= 0.3 is 0 Å². The van der Waals surface area contributed by atoms with E-state index < -0.39 is 0 Å². The van der Waals surface area contributed by atoms with E-state index in [9.17, 15) is 0 Å². The molecule has 100 valence electrons. The summed E-state index contributed by atoms with van der Waals surface area (Å²) in [5.74, 6) is 0.822. The third kappa shape index (κ3) is 2.80. The van der Waals surface area contributed by atoms with E-state index in [2.05, 4.69) is 25.9 Å². The van der Waals surface area contributed by atoms with Crippen LogP contribution in [0, 0.1) is 6.92 Å². The minimum Gasteiger partial charge on any atom is -0.487 e. The van der Waals surface area contributed by atoms with Crippen LogP contribution in [-0.4, -0.2) is 9.97 Å². The molecule has 3 rings (SSSR count). The van der Waals surface area contributed by atoms with E-state index in [-0.39, 0.29) is 0 Å². The van der Waals surface area contributed by atoms with E-state index in [0.29, 0.717) is 6.61 Å². The summed E-state index contributed by atoms with van der Waals surface area (Å²) in [5, 5.41) is 0. The van der Waals surface area contributed by atoms with Crippen molar-refractivity contribution in [2.24, 2.45) is 0 Å². The lowest BCUT2D eigenvalue weighted by atomic mass is 10.2. The molecule has 0 aliphatic rings. The van der Waals surface area contributed by atoms with Gasteiger partial charge in [-0.05, 0) is 43.3 Å². The zero-order valence-corrected chi connectivity index (χ0v) is 12.6. The second-order valence-electron chi connectivity index (χ2n) is 4.49.